The van der Waals surface area contributed by atoms with Crippen LogP contribution in [0.25, 0.3) is 0 Å². The number of benzene rings is 1. The zero-order valence-corrected chi connectivity index (χ0v) is 21.0. The Morgan fingerprint density at radius 2 is 1.59 bits per heavy atom. The highest BCUT2D eigenvalue weighted by atomic mass is 35.5. The van der Waals surface area contributed by atoms with Crippen molar-refractivity contribution >= 4 is 34.1 Å². The van der Waals surface area contributed by atoms with Gasteiger partial charge in [-0.1, -0.05) is 0 Å². The first-order chi connectivity index (χ1) is 14.5. The Morgan fingerprint density at radius 1 is 1.03 bits per heavy atom. The largest absolute Gasteiger partial charge is 0.369 e. The summed E-state index contributed by atoms with van der Waals surface area (Å²) < 4.78 is 22.8. The van der Waals surface area contributed by atoms with Crippen LogP contribution in [-0.4, -0.2) is 70.2 Å². The zero-order chi connectivity index (χ0) is 22.6. The maximum Gasteiger partial charge on any atom is 0.330 e. The summed E-state index contributed by atoms with van der Waals surface area (Å²) in [6, 6.07) is 6.80. The number of piperazine rings is 1. The quantitative estimate of drug-likeness (QED) is 0.657. The maximum absolute atomic E-state index is 12.0. The monoisotopic (exact) mass is 488 g/mol. The molecule has 0 amide bonds. The summed E-state index contributed by atoms with van der Waals surface area (Å²) in [4.78, 5) is 22.5. The minimum atomic E-state index is -3.65. The van der Waals surface area contributed by atoms with E-state index in [4.69, 9.17) is 9.98 Å². The molecule has 2 heterocycles. The molecular weight excluding hydrogens is 452 g/mol. The maximum atomic E-state index is 12.0. The molecule has 182 valence electrons. The van der Waals surface area contributed by atoms with Crippen molar-refractivity contribution in [3.63, 3.8) is 0 Å². The van der Waals surface area contributed by atoms with E-state index >= 15 is 0 Å². The van der Waals surface area contributed by atoms with Gasteiger partial charge < -0.3 is 9.74 Å². The van der Waals surface area contributed by atoms with Gasteiger partial charge in [-0.25, -0.2) is 18.4 Å². The standard InChI is InChI=1S/C22H36N4O4S.ClH/c1-22(2,3)21(27)30-26-12-9-18(10-13-26)8-11-24-14-16-25(17-15-24)19-4-6-20(7-5-19)31(23,28)29;/h4-7,18H,8-17H2,1-3H3,(H2,23,28,29);1H. The van der Waals surface area contributed by atoms with Crippen LogP contribution in [0.1, 0.15) is 40.0 Å². The van der Waals surface area contributed by atoms with Gasteiger partial charge in [-0.2, -0.15) is 0 Å². The van der Waals surface area contributed by atoms with Crippen LogP contribution in [0, 0.1) is 11.3 Å². The van der Waals surface area contributed by atoms with Crippen molar-refractivity contribution in [1.82, 2.24) is 9.96 Å². The number of carbonyl (C=O) groups excluding carboxylic acids is 1. The van der Waals surface area contributed by atoms with Crippen LogP contribution < -0.4 is 10.0 Å². The van der Waals surface area contributed by atoms with E-state index in [1.807, 2.05) is 38.0 Å². The molecule has 2 saturated heterocycles. The molecule has 0 atom stereocenters. The van der Waals surface area contributed by atoms with Crippen molar-refractivity contribution in [3.05, 3.63) is 24.3 Å². The summed E-state index contributed by atoms with van der Waals surface area (Å²) in [6.45, 7) is 12.2. The first-order valence-electron chi connectivity index (χ1n) is 11.1. The van der Waals surface area contributed by atoms with Crippen LogP contribution in [0.5, 0.6) is 0 Å². The van der Waals surface area contributed by atoms with E-state index in [9.17, 15) is 13.2 Å². The fraction of sp³-hybridized carbons (Fsp3) is 0.682. The summed E-state index contributed by atoms with van der Waals surface area (Å²) in [7, 11) is -3.65. The average Bonchev–Trinajstić information content (AvgIpc) is 2.72. The van der Waals surface area contributed by atoms with Crippen molar-refractivity contribution in [2.24, 2.45) is 16.5 Å². The Balaban J connectivity index is 0.00000363. The molecule has 2 N–H and O–H groups in total. The number of primary sulfonamides is 1. The number of halogens is 1. The van der Waals surface area contributed by atoms with Gasteiger partial charge in [0.25, 0.3) is 0 Å². The third-order valence-corrected chi connectivity index (χ3v) is 7.08. The van der Waals surface area contributed by atoms with E-state index < -0.39 is 15.4 Å². The number of sulfonamides is 1. The van der Waals surface area contributed by atoms with Gasteiger partial charge >= 0.3 is 5.97 Å². The molecule has 2 fully saturated rings. The topological polar surface area (TPSA) is 96.2 Å². The Kier molecular flexibility index (Phi) is 9.36. The molecule has 32 heavy (non-hydrogen) atoms. The summed E-state index contributed by atoms with van der Waals surface area (Å²) >= 11 is 0. The molecule has 0 bridgehead atoms. The fourth-order valence-corrected chi connectivity index (χ4v) is 4.50. The summed E-state index contributed by atoms with van der Waals surface area (Å²) in [5.41, 5.74) is 0.563. The number of anilines is 1. The minimum Gasteiger partial charge on any atom is -0.369 e. The molecule has 0 unspecified atom stereocenters. The fourth-order valence-electron chi connectivity index (χ4n) is 3.98. The lowest BCUT2D eigenvalue weighted by molar-refractivity contribution is -0.206. The predicted octanol–water partition coefficient (Wildman–Crippen LogP) is 2.48. The van der Waals surface area contributed by atoms with Gasteiger partial charge in [-0.05, 0) is 76.8 Å². The molecule has 1 aromatic carbocycles. The predicted molar refractivity (Wildman–Crippen MR) is 128 cm³/mol. The van der Waals surface area contributed by atoms with Gasteiger partial charge in [0.2, 0.25) is 10.0 Å². The van der Waals surface area contributed by atoms with Crippen LogP contribution in [0.3, 0.4) is 0 Å². The highest BCUT2D eigenvalue weighted by Gasteiger charge is 2.28. The Bertz CT molecular complexity index is 842. The lowest BCUT2D eigenvalue weighted by Crippen LogP contribution is -2.47. The van der Waals surface area contributed by atoms with Gasteiger partial charge in [0.1, 0.15) is 0 Å². The van der Waals surface area contributed by atoms with Crippen LogP contribution in [0.2, 0.25) is 0 Å². The van der Waals surface area contributed by atoms with Gasteiger partial charge in [-0.3, -0.25) is 4.90 Å². The zero-order valence-electron chi connectivity index (χ0n) is 19.3. The van der Waals surface area contributed by atoms with Gasteiger partial charge in [0, 0.05) is 45.0 Å². The number of rotatable bonds is 6. The van der Waals surface area contributed by atoms with E-state index in [0.717, 1.165) is 64.3 Å². The minimum absolute atomic E-state index is 0. The van der Waals surface area contributed by atoms with E-state index in [2.05, 4.69) is 9.80 Å². The molecule has 8 nitrogen and oxygen atoms in total. The number of nitrogens with two attached hydrogens (primary N) is 1. The molecule has 1 aromatic rings. The highest BCUT2D eigenvalue weighted by Crippen LogP contribution is 2.24. The molecule has 0 saturated carbocycles. The Morgan fingerprint density at radius 3 is 2.09 bits per heavy atom. The first kappa shape index (κ1) is 26.9. The smallest absolute Gasteiger partial charge is 0.330 e. The molecule has 0 aliphatic carbocycles. The van der Waals surface area contributed by atoms with Crippen LogP contribution >= 0.6 is 12.4 Å². The van der Waals surface area contributed by atoms with Crippen molar-refractivity contribution < 1.29 is 18.0 Å². The molecule has 10 heteroatoms. The normalized spacial score (nSPS) is 19.4. The third kappa shape index (κ3) is 7.59. The first-order valence-corrected chi connectivity index (χ1v) is 12.6. The Labute approximate surface area is 198 Å². The van der Waals surface area contributed by atoms with Crippen LogP contribution in [0.15, 0.2) is 29.2 Å². The van der Waals surface area contributed by atoms with E-state index in [-0.39, 0.29) is 23.3 Å². The van der Waals surface area contributed by atoms with Crippen LogP contribution in [-0.2, 0) is 19.7 Å². The summed E-state index contributed by atoms with van der Waals surface area (Å²) in [6.07, 6.45) is 3.30. The summed E-state index contributed by atoms with van der Waals surface area (Å²) in [5.74, 6) is 0.511. The lowest BCUT2D eigenvalue weighted by Gasteiger charge is -2.37. The average molecular weight is 489 g/mol. The third-order valence-electron chi connectivity index (χ3n) is 6.15. The number of hydroxylamine groups is 2. The number of piperidine rings is 1. The Hall–Kier alpha value is -1.39. The molecule has 0 aromatic heterocycles. The van der Waals surface area contributed by atoms with Crippen molar-refractivity contribution in [2.75, 3.05) is 50.7 Å². The number of nitrogens with zero attached hydrogens (tertiary/aromatic N) is 3. The molecule has 3 rings (SSSR count). The second kappa shape index (κ2) is 11.2. The number of carbonyl (C=O) groups is 1. The van der Waals surface area contributed by atoms with Gasteiger partial charge in [0.15, 0.2) is 0 Å². The van der Waals surface area contributed by atoms with Gasteiger partial charge in [-0.15, -0.1) is 17.5 Å². The van der Waals surface area contributed by atoms with E-state index in [1.165, 1.54) is 6.42 Å². The SMILES string of the molecule is CC(C)(C)C(=O)ON1CCC(CCN2CCN(c3ccc(S(N)(=O)=O)cc3)CC2)CC1.Cl. The summed E-state index contributed by atoms with van der Waals surface area (Å²) in [5, 5.41) is 6.99. The van der Waals surface area contributed by atoms with Crippen LogP contribution in [0.4, 0.5) is 5.69 Å². The second-order valence-corrected chi connectivity index (χ2v) is 11.2. The van der Waals surface area contributed by atoms with Crippen molar-refractivity contribution in [2.45, 2.75) is 44.9 Å². The van der Waals surface area contributed by atoms with Crippen molar-refractivity contribution in [1.29, 1.82) is 0 Å². The molecule has 0 radical (unpaired) electrons. The lowest BCUT2D eigenvalue weighted by atomic mass is 9.94. The number of hydrogen-bond donors (Lipinski definition) is 1. The van der Waals surface area contributed by atoms with E-state index in [1.54, 1.807) is 12.1 Å². The number of hydrogen-bond acceptors (Lipinski definition) is 7. The molecule has 0 spiro atoms. The molecular formula is C22H37ClN4O4S. The van der Waals surface area contributed by atoms with E-state index in [0.29, 0.717) is 5.92 Å². The van der Waals surface area contributed by atoms with Crippen molar-refractivity contribution in [3.8, 4) is 0 Å². The highest BCUT2D eigenvalue weighted by molar-refractivity contribution is 7.89. The molecule has 2 aliphatic heterocycles. The van der Waals surface area contributed by atoms with Gasteiger partial charge in [0.05, 0.1) is 10.3 Å². The molecule has 2 aliphatic rings. The second-order valence-electron chi connectivity index (χ2n) is 9.66.